The second-order valence-corrected chi connectivity index (χ2v) is 5.46. The number of rotatable bonds is 5. The molecule has 0 saturated carbocycles. The molecule has 2 rings (SSSR count). The number of benzene rings is 2. The van der Waals surface area contributed by atoms with Crippen LogP contribution in [0, 0.1) is 5.82 Å². The van der Waals surface area contributed by atoms with Crippen LogP contribution in [0.2, 0.25) is 0 Å². The number of para-hydroxylation sites is 1. The molecule has 2 nitrogen and oxygen atoms in total. The summed E-state index contributed by atoms with van der Waals surface area (Å²) in [5.41, 5.74) is 1.84. The molecule has 4 heteroatoms. The fraction of sp³-hybridized carbons (Fsp3) is 0.250. The summed E-state index contributed by atoms with van der Waals surface area (Å²) in [5, 5.41) is 10.2. The lowest BCUT2D eigenvalue weighted by atomic mass is 10.0. The number of halogens is 2. The van der Waals surface area contributed by atoms with E-state index in [4.69, 9.17) is 4.74 Å². The van der Waals surface area contributed by atoms with E-state index in [2.05, 4.69) is 15.9 Å². The fourth-order valence-electron chi connectivity index (χ4n) is 2.14. The van der Waals surface area contributed by atoms with Gasteiger partial charge in [0, 0.05) is 10.9 Å². The van der Waals surface area contributed by atoms with Gasteiger partial charge in [0.25, 0.3) is 0 Å². The lowest BCUT2D eigenvalue weighted by Crippen LogP contribution is -2.15. The predicted octanol–water partition coefficient (Wildman–Crippen LogP) is 3.74. The van der Waals surface area contributed by atoms with E-state index in [0.29, 0.717) is 17.3 Å². The van der Waals surface area contributed by atoms with Gasteiger partial charge in [0.05, 0.1) is 13.2 Å². The average Bonchev–Trinajstić information content (AvgIpc) is 2.42. The first-order chi connectivity index (χ1) is 9.60. The normalized spacial score (nSPS) is 12.2. The SMILES string of the molecule is COc1ccccc1CC(O)Cc1ccc(F)cc1Br. The van der Waals surface area contributed by atoms with E-state index in [1.807, 2.05) is 24.3 Å². The molecule has 0 spiro atoms. The van der Waals surface area contributed by atoms with Crippen molar-refractivity contribution >= 4 is 15.9 Å². The van der Waals surface area contributed by atoms with Crippen LogP contribution in [-0.4, -0.2) is 18.3 Å². The van der Waals surface area contributed by atoms with Crippen LogP contribution in [0.4, 0.5) is 4.39 Å². The monoisotopic (exact) mass is 338 g/mol. The highest BCUT2D eigenvalue weighted by molar-refractivity contribution is 9.10. The second-order valence-electron chi connectivity index (χ2n) is 4.61. The van der Waals surface area contributed by atoms with Crippen molar-refractivity contribution in [2.24, 2.45) is 0 Å². The average molecular weight is 339 g/mol. The molecule has 2 aromatic rings. The van der Waals surface area contributed by atoms with Crippen LogP contribution in [-0.2, 0) is 12.8 Å². The summed E-state index contributed by atoms with van der Waals surface area (Å²) in [6.07, 6.45) is 0.403. The van der Waals surface area contributed by atoms with Crippen LogP contribution >= 0.6 is 15.9 Å². The predicted molar refractivity (Wildman–Crippen MR) is 80.5 cm³/mol. The Balaban J connectivity index is 2.07. The van der Waals surface area contributed by atoms with E-state index in [1.165, 1.54) is 12.1 Å². The standard InChI is InChI=1S/C16H16BrFO2/c1-20-16-5-3-2-4-12(16)9-14(19)8-11-6-7-13(18)10-15(11)17/h2-7,10,14,19H,8-9H2,1H3. The molecule has 0 saturated heterocycles. The summed E-state index contributed by atoms with van der Waals surface area (Å²) in [6, 6.07) is 12.1. The maximum Gasteiger partial charge on any atom is 0.124 e. The smallest absolute Gasteiger partial charge is 0.124 e. The van der Waals surface area contributed by atoms with Crippen molar-refractivity contribution in [3.8, 4) is 5.75 Å². The molecule has 0 fully saturated rings. The summed E-state index contributed by atoms with van der Waals surface area (Å²) in [6.45, 7) is 0. The second kappa shape index (κ2) is 6.86. The van der Waals surface area contributed by atoms with Crippen LogP contribution < -0.4 is 4.74 Å². The van der Waals surface area contributed by atoms with Gasteiger partial charge in [0.2, 0.25) is 0 Å². The highest BCUT2D eigenvalue weighted by Gasteiger charge is 2.12. The van der Waals surface area contributed by atoms with Crippen molar-refractivity contribution < 1.29 is 14.2 Å². The van der Waals surface area contributed by atoms with E-state index < -0.39 is 6.10 Å². The van der Waals surface area contributed by atoms with Gasteiger partial charge in [-0.15, -0.1) is 0 Å². The molecule has 1 N–H and O–H groups in total. The van der Waals surface area contributed by atoms with Crippen LogP contribution in [0.1, 0.15) is 11.1 Å². The van der Waals surface area contributed by atoms with Crippen LogP contribution in [0.25, 0.3) is 0 Å². The van der Waals surface area contributed by atoms with Crippen molar-refractivity contribution in [3.63, 3.8) is 0 Å². The highest BCUT2D eigenvalue weighted by atomic mass is 79.9. The molecule has 0 aromatic heterocycles. The van der Waals surface area contributed by atoms with Gasteiger partial charge in [-0.05, 0) is 35.7 Å². The number of aliphatic hydroxyl groups is 1. The Hall–Kier alpha value is -1.39. The third-order valence-corrected chi connectivity index (χ3v) is 3.86. The minimum atomic E-state index is -0.548. The third-order valence-electron chi connectivity index (χ3n) is 3.12. The van der Waals surface area contributed by atoms with Gasteiger partial charge in [0.15, 0.2) is 0 Å². The first kappa shape index (κ1) is 15.0. The number of aliphatic hydroxyl groups excluding tert-OH is 1. The summed E-state index contributed by atoms with van der Waals surface area (Å²) in [5.74, 6) is 0.476. The van der Waals surface area contributed by atoms with Crippen LogP contribution in [0.15, 0.2) is 46.9 Å². The summed E-state index contributed by atoms with van der Waals surface area (Å²) in [7, 11) is 1.61. The summed E-state index contributed by atoms with van der Waals surface area (Å²) >= 11 is 3.31. The number of ether oxygens (including phenoxy) is 1. The molecule has 20 heavy (non-hydrogen) atoms. The lowest BCUT2D eigenvalue weighted by molar-refractivity contribution is 0.174. The Bertz CT molecular complexity index is 586. The number of hydrogen-bond donors (Lipinski definition) is 1. The van der Waals surface area contributed by atoms with Crippen molar-refractivity contribution in [1.82, 2.24) is 0 Å². The molecule has 0 aliphatic rings. The molecule has 0 radical (unpaired) electrons. The van der Waals surface area contributed by atoms with Gasteiger partial charge in [-0.2, -0.15) is 0 Å². The zero-order valence-corrected chi connectivity index (χ0v) is 12.7. The van der Waals surface area contributed by atoms with Crippen molar-refractivity contribution in [1.29, 1.82) is 0 Å². The molecule has 1 atom stereocenters. The molecule has 0 heterocycles. The third kappa shape index (κ3) is 3.81. The van der Waals surface area contributed by atoms with E-state index in [0.717, 1.165) is 16.9 Å². The van der Waals surface area contributed by atoms with Gasteiger partial charge in [-0.1, -0.05) is 40.2 Å². The summed E-state index contributed by atoms with van der Waals surface area (Å²) < 4.78 is 19.0. The van der Waals surface area contributed by atoms with Crippen LogP contribution in [0.3, 0.4) is 0 Å². The summed E-state index contributed by atoms with van der Waals surface area (Å²) in [4.78, 5) is 0. The van der Waals surface area contributed by atoms with Gasteiger partial charge >= 0.3 is 0 Å². The molecule has 106 valence electrons. The van der Waals surface area contributed by atoms with Gasteiger partial charge in [-0.3, -0.25) is 0 Å². The van der Waals surface area contributed by atoms with E-state index in [9.17, 15) is 9.50 Å². The fourth-order valence-corrected chi connectivity index (χ4v) is 2.65. The molecule has 2 aromatic carbocycles. The minimum absolute atomic E-state index is 0.292. The Morgan fingerprint density at radius 2 is 1.85 bits per heavy atom. The lowest BCUT2D eigenvalue weighted by Gasteiger charge is -2.14. The maximum atomic E-state index is 13.0. The first-order valence-corrected chi connectivity index (χ1v) is 7.13. The Morgan fingerprint density at radius 3 is 2.55 bits per heavy atom. The van der Waals surface area contributed by atoms with E-state index in [-0.39, 0.29) is 5.82 Å². The molecular weight excluding hydrogens is 323 g/mol. The van der Waals surface area contributed by atoms with Crippen LogP contribution in [0.5, 0.6) is 5.75 Å². The van der Waals surface area contributed by atoms with Crippen molar-refractivity contribution in [3.05, 3.63) is 63.9 Å². The quantitative estimate of drug-likeness (QED) is 0.899. The molecule has 0 aliphatic heterocycles. The zero-order chi connectivity index (χ0) is 14.5. The molecular formula is C16H16BrFO2. The van der Waals surface area contributed by atoms with Gasteiger partial charge < -0.3 is 9.84 Å². The van der Waals surface area contributed by atoms with Gasteiger partial charge in [0.1, 0.15) is 11.6 Å². The Labute approximate surface area is 126 Å². The van der Waals surface area contributed by atoms with Crippen molar-refractivity contribution in [2.75, 3.05) is 7.11 Å². The zero-order valence-electron chi connectivity index (χ0n) is 11.1. The molecule has 0 amide bonds. The topological polar surface area (TPSA) is 29.5 Å². The van der Waals surface area contributed by atoms with Gasteiger partial charge in [-0.25, -0.2) is 4.39 Å². The highest BCUT2D eigenvalue weighted by Crippen LogP contribution is 2.23. The number of methoxy groups -OCH3 is 1. The molecule has 1 unspecified atom stereocenters. The first-order valence-electron chi connectivity index (χ1n) is 6.34. The van der Waals surface area contributed by atoms with E-state index in [1.54, 1.807) is 13.2 Å². The largest absolute Gasteiger partial charge is 0.496 e. The Kier molecular flexibility index (Phi) is 5.15. The van der Waals surface area contributed by atoms with E-state index >= 15 is 0 Å². The minimum Gasteiger partial charge on any atom is -0.496 e. The maximum absolute atomic E-state index is 13.0. The molecule has 0 bridgehead atoms. The molecule has 0 aliphatic carbocycles. The Morgan fingerprint density at radius 1 is 1.15 bits per heavy atom. The number of hydrogen-bond acceptors (Lipinski definition) is 2. The van der Waals surface area contributed by atoms with Crippen molar-refractivity contribution in [2.45, 2.75) is 18.9 Å².